The third-order valence-electron chi connectivity index (χ3n) is 5.26. The predicted octanol–water partition coefficient (Wildman–Crippen LogP) is 7.10. The number of ether oxygens (including phenoxy) is 1. The van der Waals surface area contributed by atoms with Crippen LogP contribution in [0.2, 0.25) is 0 Å². The zero-order valence-electron chi connectivity index (χ0n) is 15.1. The highest BCUT2D eigenvalue weighted by Gasteiger charge is 2.18. The molecule has 0 saturated heterocycles. The summed E-state index contributed by atoms with van der Waals surface area (Å²) in [5, 5.41) is 7.30. The fraction of sp³-hybridized carbons (Fsp3) is 0.0385. The molecule has 0 aliphatic carbocycles. The molecular weight excluding hydrogens is 328 g/mol. The molecular formula is C26H19O+. The van der Waals surface area contributed by atoms with E-state index in [0.29, 0.717) is 0 Å². The fourth-order valence-electron chi connectivity index (χ4n) is 4.04. The quantitative estimate of drug-likeness (QED) is 0.309. The van der Waals surface area contributed by atoms with E-state index in [9.17, 15) is 0 Å². The molecule has 0 spiro atoms. The maximum Gasteiger partial charge on any atom is 0.133 e. The molecule has 0 amide bonds. The first-order valence-corrected chi connectivity index (χ1v) is 9.17. The lowest BCUT2D eigenvalue weighted by Crippen LogP contribution is -1.89. The van der Waals surface area contributed by atoms with Gasteiger partial charge in [0.25, 0.3) is 0 Å². The average Bonchev–Trinajstić information content (AvgIpc) is 2.90. The normalized spacial score (nSPS) is 11.1. The van der Waals surface area contributed by atoms with Gasteiger partial charge < -0.3 is 4.74 Å². The molecule has 5 aromatic carbocycles. The summed E-state index contributed by atoms with van der Waals surface area (Å²) in [4.78, 5) is 0. The molecule has 0 aromatic heterocycles. The van der Waals surface area contributed by atoms with E-state index < -0.39 is 0 Å². The van der Waals surface area contributed by atoms with Crippen molar-refractivity contribution in [3.8, 4) is 16.9 Å². The van der Waals surface area contributed by atoms with Gasteiger partial charge in [-0.05, 0) is 53.9 Å². The van der Waals surface area contributed by atoms with Gasteiger partial charge in [-0.25, -0.2) is 0 Å². The van der Waals surface area contributed by atoms with Gasteiger partial charge in [-0.1, -0.05) is 36.4 Å². The van der Waals surface area contributed by atoms with Crippen LogP contribution in [0.1, 0.15) is 0 Å². The summed E-state index contributed by atoms with van der Waals surface area (Å²) >= 11 is 0. The summed E-state index contributed by atoms with van der Waals surface area (Å²) in [6.07, 6.45) is 0. The van der Waals surface area contributed by atoms with Crippen LogP contribution in [-0.2, 0) is 0 Å². The Morgan fingerprint density at radius 3 is 2.33 bits per heavy atom. The maximum atomic E-state index is 5.74. The molecule has 0 aliphatic heterocycles. The Balaban J connectivity index is 2.07. The molecule has 1 heteroatoms. The van der Waals surface area contributed by atoms with Crippen molar-refractivity contribution >= 4 is 32.3 Å². The van der Waals surface area contributed by atoms with Crippen molar-refractivity contribution in [1.82, 2.24) is 0 Å². The molecule has 0 saturated carbocycles. The Bertz CT molecular complexity index is 1240. The monoisotopic (exact) mass is 347 g/mol. The number of hydrogen-bond acceptors (Lipinski definition) is 1. The predicted molar refractivity (Wildman–Crippen MR) is 115 cm³/mol. The first-order valence-electron chi connectivity index (χ1n) is 9.17. The molecule has 128 valence electrons. The van der Waals surface area contributed by atoms with Gasteiger partial charge in [0.1, 0.15) is 5.75 Å². The number of benzene rings is 4. The van der Waals surface area contributed by atoms with Crippen LogP contribution in [0.25, 0.3) is 43.4 Å². The van der Waals surface area contributed by atoms with Gasteiger partial charge in [-0.3, -0.25) is 0 Å². The molecule has 0 N–H and O–H groups in total. The Morgan fingerprint density at radius 1 is 0.667 bits per heavy atom. The summed E-state index contributed by atoms with van der Waals surface area (Å²) in [5.41, 5.74) is 2.45. The van der Waals surface area contributed by atoms with E-state index in [4.69, 9.17) is 4.74 Å². The van der Waals surface area contributed by atoms with E-state index in [1.807, 2.05) is 12.1 Å². The van der Waals surface area contributed by atoms with Crippen molar-refractivity contribution in [3.05, 3.63) is 97.1 Å². The number of rotatable bonds is 2. The highest BCUT2D eigenvalue weighted by atomic mass is 16.5. The zero-order valence-corrected chi connectivity index (χ0v) is 15.1. The van der Waals surface area contributed by atoms with Crippen molar-refractivity contribution < 1.29 is 4.74 Å². The first kappa shape index (κ1) is 15.8. The van der Waals surface area contributed by atoms with E-state index in [1.54, 1.807) is 7.11 Å². The second kappa shape index (κ2) is 6.37. The number of methoxy groups -OCH3 is 1. The minimum absolute atomic E-state index is 0.905. The summed E-state index contributed by atoms with van der Waals surface area (Å²) in [6.45, 7) is 0. The average molecular weight is 347 g/mol. The van der Waals surface area contributed by atoms with E-state index >= 15 is 0 Å². The van der Waals surface area contributed by atoms with Crippen LogP contribution < -0.4 is 4.74 Å². The highest BCUT2D eigenvalue weighted by molar-refractivity contribution is 6.15. The minimum Gasteiger partial charge on any atom is -0.495 e. The van der Waals surface area contributed by atoms with E-state index in [1.165, 1.54) is 38.1 Å². The van der Waals surface area contributed by atoms with Gasteiger partial charge in [0.05, 0.1) is 28.8 Å². The van der Waals surface area contributed by atoms with Crippen LogP contribution in [0.3, 0.4) is 0 Å². The molecule has 0 fully saturated rings. The highest BCUT2D eigenvalue weighted by Crippen LogP contribution is 2.41. The second-order valence-electron chi connectivity index (χ2n) is 6.75. The lowest BCUT2D eigenvalue weighted by molar-refractivity contribution is 0.420. The standard InChI is InChI=1S/C26H19O/c1-27-24-15-7-11-20-10-6-14-23(25(20)24)26-21-12-4-2-8-18(21)16-17-19-9-3-5-13-22(19)26/h2-17H,1H3/q+1. The summed E-state index contributed by atoms with van der Waals surface area (Å²) in [7, 11) is 1.74. The van der Waals surface area contributed by atoms with E-state index in [2.05, 4.69) is 84.9 Å². The first-order chi connectivity index (χ1) is 13.4. The Labute approximate surface area is 158 Å². The third kappa shape index (κ3) is 2.51. The molecule has 1 nitrogen and oxygen atoms in total. The lowest BCUT2D eigenvalue weighted by Gasteiger charge is -2.10. The smallest absolute Gasteiger partial charge is 0.133 e. The molecule has 0 atom stereocenters. The zero-order chi connectivity index (χ0) is 18.2. The molecule has 0 radical (unpaired) electrons. The molecule has 0 heterocycles. The maximum absolute atomic E-state index is 5.74. The van der Waals surface area contributed by atoms with Crippen molar-refractivity contribution in [2.75, 3.05) is 7.11 Å². The molecule has 27 heavy (non-hydrogen) atoms. The SMILES string of the molecule is COc1cccc2cccc(-c3c4ccccc4ccc4cccc[c+]34)c12. The van der Waals surface area contributed by atoms with Gasteiger partial charge >= 0.3 is 0 Å². The van der Waals surface area contributed by atoms with Crippen molar-refractivity contribution in [3.63, 3.8) is 0 Å². The van der Waals surface area contributed by atoms with Crippen LogP contribution in [0.15, 0.2) is 97.1 Å². The Hall–Kier alpha value is -3.45. The van der Waals surface area contributed by atoms with Gasteiger partial charge in [0, 0.05) is 28.5 Å². The van der Waals surface area contributed by atoms with E-state index in [0.717, 1.165) is 11.1 Å². The fourth-order valence-corrected chi connectivity index (χ4v) is 4.04. The Kier molecular flexibility index (Phi) is 3.72. The molecule has 0 unspecified atom stereocenters. The van der Waals surface area contributed by atoms with E-state index in [-0.39, 0.29) is 0 Å². The van der Waals surface area contributed by atoms with Gasteiger partial charge in [0.2, 0.25) is 0 Å². The summed E-state index contributed by atoms with van der Waals surface area (Å²) < 4.78 is 5.74. The van der Waals surface area contributed by atoms with Crippen LogP contribution in [0.4, 0.5) is 0 Å². The third-order valence-corrected chi connectivity index (χ3v) is 5.26. The van der Waals surface area contributed by atoms with Gasteiger partial charge in [-0.2, -0.15) is 0 Å². The summed E-state index contributed by atoms with van der Waals surface area (Å²) in [6, 6.07) is 34.4. The molecule has 0 bridgehead atoms. The van der Waals surface area contributed by atoms with Crippen molar-refractivity contribution in [2.45, 2.75) is 0 Å². The Morgan fingerprint density at radius 2 is 1.44 bits per heavy atom. The molecule has 0 aliphatic rings. The van der Waals surface area contributed by atoms with Crippen LogP contribution >= 0.6 is 0 Å². The summed E-state index contributed by atoms with van der Waals surface area (Å²) in [5.74, 6) is 0.905. The van der Waals surface area contributed by atoms with Crippen molar-refractivity contribution in [2.24, 2.45) is 0 Å². The molecule has 5 rings (SSSR count). The van der Waals surface area contributed by atoms with Crippen LogP contribution in [0.5, 0.6) is 5.75 Å². The van der Waals surface area contributed by atoms with Crippen LogP contribution in [-0.4, -0.2) is 7.11 Å². The van der Waals surface area contributed by atoms with Crippen LogP contribution in [0, 0.1) is 0 Å². The van der Waals surface area contributed by atoms with Crippen molar-refractivity contribution in [1.29, 1.82) is 0 Å². The van der Waals surface area contributed by atoms with Gasteiger partial charge in [-0.15, -0.1) is 0 Å². The number of fused-ring (bicyclic) bond motifs is 3. The second-order valence-corrected chi connectivity index (χ2v) is 6.75. The topological polar surface area (TPSA) is 9.23 Å². The largest absolute Gasteiger partial charge is 0.495 e. The number of hydrogen-bond donors (Lipinski definition) is 0. The minimum atomic E-state index is 0.905. The lowest BCUT2D eigenvalue weighted by atomic mass is 9.92. The van der Waals surface area contributed by atoms with Gasteiger partial charge in [0.15, 0.2) is 0 Å². The molecule has 5 aromatic rings.